The minimum atomic E-state index is 0.141. The third kappa shape index (κ3) is 2.02. The molecule has 2 heterocycles. The van der Waals surface area contributed by atoms with Gasteiger partial charge in [0.2, 0.25) is 0 Å². The summed E-state index contributed by atoms with van der Waals surface area (Å²) in [6.45, 7) is 2.70. The van der Waals surface area contributed by atoms with Crippen molar-refractivity contribution >= 4 is 5.82 Å². The molecule has 0 aromatic carbocycles. The summed E-state index contributed by atoms with van der Waals surface area (Å²) < 4.78 is 5.65. The minimum absolute atomic E-state index is 0.141. The van der Waals surface area contributed by atoms with Gasteiger partial charge in [0.05, 0.1) is 12.7 Å². The molecule has 14 heavy (non-hydrogen) atoms. The van der Waals surface area contributed by atoms with Gasteiger partial charge < -0.3 is 15.4 Å². The number of nitrogens with zero attached hydrogens (tertiary/aromatic N) is 2. The summed E-state index contributed by atoms with van der Waals surface area (Å²) >= 11 is 0. The third-order valence-electron chi connectivity index (χ3n) is 2.45. The second-order valence-corrected chi connectivity index (χ2v) is 3.64. The molecule has 0 amide bonds. The molecule has 0 spiro atoms. The Balaban J connectivity index is 2.10. The lowest BCUT2D eigenvalue weighted by Crippen LogP contribution is -2.35. The average Bonchev–Trinajstić information content (AvgIpc) is 2.19. The fourth-order valence-electron chi connectivity index (χ4n) is 1.59. The van der Waals surface area contributed by atoms with Crippen LogP contribution in [0.25, 0.3) is 0 Å². The van der Waals surface area contributed by atoms with Gasteiger partial charge in [-0.3, -0.25) is 0 Å². The van der Waals surface area contributed by atoms with Crippen LogP contribution in [0.1, 0.15) is 11.7 Å². The average molecular weight is 193 g/mol. The van der Waals surface area contributed by atoms with E-state index in [-0.39, 0.29) is 6.10 Å². The molecule has 0 radical (unpaired) electrons. The molecule has 4 heteroatoms. The highest BCUT2D eigenvalue weighted by Crippen LogP contribution is 2.20. The highest BCUT2D eigenvalue weighted by atomic mass is 16.5. The molecule has 2 rings (SSSR count). The van der Waals surface area contributed by atoms with Gasteiger partial charge in [-0.1, -0.05) is 6.07 Å². The molecule has 4 nitrogen and oxygen atoms in total. The highest BCUT2D eigenvalue weighted by Gasteiger charge is 2.19. The standard InChI is InChI=1S/C10H15N3O/c1-13-4-5-14-9(7-13)8-2-3-10(11)12-6-8/h2-3,6,9H,4-5,7H2,1H3,(H2,11,12). The normalized spacial score (nSPS) is 23.6. The second-order valence-electron chi connectivity index (χ2n) is 3.64. The molecular weight excluding hydrogens is 178 g/mol. The first kappa shape index (κ1) is 9.43. The van der Waals surface area contributed by atoms with Gasteiger partial charge >= 0.3 is 0 Å². The quantitative estimate of drug-likeness (QED) is 0.712. The zero-order chi connectivity index (χ0) is 9.97. The molecule has 1 aliphatic heterocycles. The second kappa shape index (κ2) is 3.94. The van der Waals surface area contributed by atoms with E-state index in [9.17, 15) is 0 Å². The van der Waals surface area contributed by atoms with Crippen molar-refractivity contribution in [3.63, 3.8) is 0 Å². The van der Waals surface area contributed by atoms with Crippen LogP contribution in [0.3, 0.4) is 0 Å². The van der Waals surface area contributed by atoms with Crippen molar-refractivity contribution in [2.75, 3.05) is 32.5 Å². The number of hydrogen-bond acceptors (Lipinski definition) is 4. The summed E-state index contributed by atoms with van der Waals surface area (Å²) in [5.41, 5.74) is 6.62. The van der Waals surface area contributed by atoms with E-state index in [0.717, 1.165) is 25.3 Å². The zero-order valence-corrected chi connectivity index (χ0v) is 8.31. The summed E-state index contributed by atoms with van der Waals surface area (Å²) in [5.74, 6) is 0.554. The van der Waals surface area contributed by atoms with Gasteiger partial charge in [-0.15, -0.1) is 0 Å². The Morgan fingerprint density at radius 2 is 2.43 bits per heavy atom. The number of pyridine rings is 1. The maximum absolute atomic E-state index is 5.65. The van der Waals surface area contributed by atoms with E-state index in [1.54, 1.807) is 6.20 Å². The number of likely N-dealkylation sites (N-methyl/N-ethyl adjacent to an activating group) is 1. The van der Waals surface area contributed by atoms with Gasteiger partial charge in [0, 0.05) is 24.8 Å². The SMILES string of the molecule is CN1CCOC(c2ccc(N)nc2)C1. The van der Waals surface area contributed by atoms with Gasteiger partial charge in [-0.05, 0) is 13.1 Å². The van der Waals surface area contributed by atoms with E-state index in [4.69, 9.17) is 10.5 Å². The molecular formula is C10H15N3O. The van der Waals surface area contributed by atoms with Gasteiger partial charge in [0.1, 0.15) is 5.82 Å². The van der Waals surface area contributed by atoms with Crippen LogP contribution < -0.4 is 5.73 Å². The molecule has 76 valence electrons. The molecule has 1 aliphatic rings. The van der Waals surface area contributed by atoms with Crippen LogP contribution in [-0.4, -0.2) is 36.6 Å². The Kier molecular flexibility index (Phi) is 2.65. The molecule has 2 N–H and O–H groups in total. The monoisotopic (exact) mass is 193 g/mol. The van der Waals surface area contributed by atoms with E-state index in [0.29, 0.717) is 5.82 Å². The fourth-order valence-corrected chi connectivity index (χ4v) is 1.59. The summed E-state index contributed by atoms with van der Waals surface area (Å²) in [6.07, 6.45) is 1.93. The summed E-state index contributed by atoms with van der Waals surface area (Å²) in [6, 6.07) is 3.79. The van der Waals surface area contributed by atoms with Crippen molar-refractivity contribution < 1.29 is 4.74 Å². The van der Waals surface area contributed by atoms with Crippen LogP contribution in [-0.2, 0) is 4.74 Å². The number of ether oxygens (including phenoxy) is 1. The van der Waals surface area contributed by atoms with Crippen LogP contribution in [0.4, 0.5) is 5.82 Å². The van der Waals surface area contributed by atoms with Gasteiger partial charge in [-0.25, -0.2) is 4.98 Å². The maximum Gasteiger partial charge on any atom is 0.123 e. The Bertz CT molecular complexity index is 299. The largest absolute Gasteiger partial charge is 0.384 e. The van der Waals surface area contributed by atoms with Gasteiger partial charge in [0.15, 0.2) is 0 Å². The number of rotatable bonds is 1. The molecule has 0 saturated carbocycles. The van der Waals surface area contributed by atoms with E-state index in [2.05, 4.69) is 16.9 Å². The van der Waals surface area contributed by atoms with E-state index >= 15 is 0 Å². The lowest BCUT2D eigenvalue weighted by molar-refractivity contribution is -0.0210. The van der Waals surface area contributed by atoms with Crippen LogP contribution in [0.15, 0.2) is 18.3 Å². The number of hydrogen-bond donors (Lipinski definition) is 1. The molecule has 1 aromatic heterocycles. The lowest BCUT2D eigenvalue weighted by Gasteiger charge is -2.30. The number of nitrogens with two attached hydrogens (primary N) is 1. The zero-order valence-electron chi connectivity index (χ0n) is 8.31. The van der Waals surface area contributed by atoms with Crippen molar-refractivity contribution in [1.82, 2.24) is 9.88 Å². The number of anilines is 1. The van der Waals surface area contributed by atoms with E-state index < -0.39 is 0 Å². The third-order valence-corrected chi connectivity index (χ3v) is 2.45. The van der Waals surface area contributed by atoms with Crippen LogP contribution in [0.2, 0.25) is 0 Å². The molecule has 1 fully saturated rings. The van der Waals surface area contributed by atoms with Crippen molar-refractivity contribution in [3.05, 3.63) is 23.9 Å². The predicted octanol–water partition coefficient (Wildman–Crippen LogP) is 0.667. The van der Waals surface area contributed by atoms with Crippen molar-refractivity contribution in [3.8, 4) is 0 Å². The summed E-state index contributed by atoms with van der Waals surface area (Å²) in [7, 11) is 2.10. The van der Waals surface area contributed by atoms with Crippen LogP contribution in [0, 0.1) is 0 Å². The van der Waals surface area contributed by atoms with Crippen molar-refractivity contribution in [2.24, 2.45) is 0 Å². The molecule has 1 unspecified atom stereocenters. The van der Waals surface area contributed by atoms with Crippen molar-refractivity contribution in [1.29, 1.82) is 0 Å². The lowest BCUT2D eigenvalue weighted by atomic mass is 10.1. The molecule has 1 atom stereocenters. The van der Waals surface area contributed by atoms with Crippen molar-refractivity contribution in [2.45, 2.75) is 6.10 Å². The molecule has 0 aliphatic carbocycles. The highest BCUT2D eigenvalue weighted by molar-refractivity contribution is 5.30. The number of nitrogen functional groups attached to an aromatic ring is 1. The summed E-state index contributed by atoms with van der Waals surface area (Å²) in [4.78, 5) is 6.31. The summed E-state index contributed by atoms with van der Waals surface area (Å²) in [5, 5.41) is 0. The minimum Gasteiger partial charge on any atom is -0.384 e. The maximum atomic E-state index is 5.65. The Labute approximate surface area is 83.7 Å². The van der Waals surface area contributed by atoms with E-state index in [1.807, 2.05) is 12.1 Å². The Hall–Kier alpha value is -1.13. The smallest absolute Gasteiger partial charge is 0.123 e. The first-order valence-electron chi connectivity index (χ1n) is 4.77. The molecule has 1 aromatic rings. The van der Waals surface area contributed by atoms with Crippen LogP contribution in [0.5, 0.6) is 0 Å². The first-order chi connectivity index (χ1) is 6.75. The first-order valence-corrected chi connectivity index (χ1v) is 4.77. The van der Waals surface area contributed by atoms with Gasteiger partial charge in [0.25, 0.3) is 0 Å². The fraction of sp³-hybridized carbons (Fsp3) is 0.500. The number of morpholine rings is 1. The van der Waals surface area contributed by atoms with Crippen LogP contribution >= 0.6 is 0 Å². The Morgan fingerprint density at radius 1 is 1.57 bits per heavy atom. The van der Waals surface area contributed by atoms with Gasteiger partial charge in [-0.2, -0.15) is 0 Å². The predicted molar refractivity (Wildman–Crippen MR) is 54.8 cm³/mol. The molecule has 0 bridgehead atoms. The van der Waals surface area contributed by atoms with E-state index in [1.165, 1.54) is 0 Å². The molecule has 1 saturated heterocycles. The number of aromatic nitrogens is 1. The topological polar surface area (TPSA) is 51.4 Å². The Morgan fingerprint density at radius 3 is 3.07 bits per heavy atom.